The van der Waals surface area contributed by atoms with E-state index in [0.717, 1.165) is 34.1 Å². The highest BCUT2D eigenvalue weighted by molar-refractivity contribution is 8.00. The van der Waals surface area contributed by atoms with Crippen molar-refractivity contribution in [2.24, 2.45) is 10.7 Å². The molecule has 7 nitrogen and oxygen atoms in total. The van der Waals surface area contributed by atoms with E-state index in [2.05, 4.69) is 43.6 Å². The first-order valence-corrected chi connectivity index (χ1v) is 12.0. The molecular weight excluding hydrogens is 418 g/mol. The molecule has 1 fully saturated rings. The second-order valence-electron chi connectivity index (χ2n) is 8.15. The molecule has 3 heterocycles. The smallest absolute Gasteiger partial charge is 0.163 e. The summed E-state index contributed by atoms with van der Waals surface area (Å²) in [5, 5.41) is 0. The van der Waals surface area contributed by atoms with Crippen LogP contribution in [0.15, 0.2) is 64.9 Å². The first-order chi connectivity index (χ1) is 15.7. The van der Waals surface area contributed by atoms with Gasteiger partial charge in [0.1, 0.15) is 11.5 Å². The number of benzene rings is 1. The molecule has 2 aromatic heterocycles. The third-order valence-corrected chi connectivity index (χ3v) is 6.94. The summed E-state index contributed by atoms with van der Waals surface area (Å²) in [5.41, 5.74) is 8.90. The number of amidine groups is 1. The van der Waals surface area contributed by atoms with E-state index >= 15 is 0 Å². The molecule has 0 spiro atoms. The number of fused-ring (bicyclic) bond motifs is 1. The maximum Gasteiger partial charge on any atom is 0.163 e. The van der Waals surface area contributed by atoms with Gasteiger partial charge >= 0.3 is 0 Å². The minimum absolute atomic E-state index is 0.0806. The van der Waals surface area contributed by atoms with Gasteiger partial charge in [-0.3, -0.25) is 4.98 Å². The Bertz CT molecular complexity index is 1110. The van der Waals surface area contributed by atoms with Crippen molar-refractivity contribution >= 4 is 35.0 Å². The van der Waals surface area contributed by atoms with Crippen molar-refractivity contribution in [3.8, 4) is 11.4 Å². The molecule has 0 saturated heterocycles. The van der Waals surface area contributed by atoms with Crippen molar-refractivity contribution in [2.45, 2.75) is 56.0 Å². The van der Waals surface area contributed by atoms with Gasteiger partial charge in [-0.15, -0.1) is 0 Å². The zero-order chi connectivity index (χ0) is 21.9. The molecule has 2 aliphatic rings. The van der Waals surface area contributed by atoms with E-state index in [9.17, 15) is 0 Å². The first-order valence-electron chi connectivity index (χ1n) is 11.2. The van der Waals surface area contributed by atoms with Crippen LogP contribution in [-0.4, -0.2) is 32.9 Å². The minimum Gasteiger partial charge on any atom is -0.385 e. The fraction of sp³-hybridized carbons (Fsp3) is 0.333. The number of rotatable bonds is 6. The van der Waals surface area contributed by atoms with Gasteiger partial charge in [0.25, 0.3) is 0 Å². The predicted molar refractivity (Wildman–Crippen MR) is 131 cm³/mol. The third kappa shape index (κ3) is 4.02. The summed E-state index contributed by atoms with van der Waals surface area (Å²) in [6.45, 7) is 2.16. The van der Waals surface area contributed by atoms with E-state index in [1.165, 1.54) is 25.7 Å². The lowest BCUT2D eigenvalue weighted by molar-refractivity contribution is 0.551. The van der Waals surface area contributed by atoms with Crippen LogP contribution in [0.4, 0.5) is 17.2 Å². The van der Waals surface area contributed by atoms with E-state index in [-0.39, 0.29) is 6.04 Å². The summed E-state index contributed by atoms with van der Waals surface area (Å²) in [7, 11) is 0. The Morgan fingerprint density at radius 2 is 1.94 bits per heavy atom. The van der Waals surface area contributed by atoms with Crippen molar-refractivity contribution in [2.75, 3.05) is 9.62 Å². The van der Waals surface area contributed by atoms with Crippen molar-refractivity contribution in [3.63, 3.8) is 0 Å². The Morgan fingerprint density at radius 3 is 2.72 bits per heavy atom. The molecule has 3 aromatic rings. The van der Waals surface area contributed by atoms with Crippen LogP contribution in [0.25, 0.3) is 11.4 Å². The summed E-state index contributed by atoms with van der Waals surface area (Å²) < 4.78 is 3.41. The summed E-state index contributed by atoms with van der Waals surface area (Å²) in [6, 6.07) is 12.7. The molecular formula is C24H27N7S. The molecule has 3 N–H and O–H groups in total. The van der Waals surface area contributed by atoms with Crippen LogP contribution < -0.4 is 15.4 Å². The Morgan fingerprint density at radius 1 is 1.12 bits per heavy atom. The average Bonchev–Trinajstić information content (AvgIpc) is 3.37. The standard InChI is InChI=1S/C24H27N7S/c1-2-21-22(25)28-20-15-27-23(29-24(20)31(21)16-8-6-7-9-16)18-12-13-26-14-19(18)30-32-17-10-4-3-5-11-17/h3-5,10-16,21,30H,2,6-9H2,1H3,(H2,25,28)/t21-/m1/s1. The largest absolute Gasteiger partial charge is 0.385 e. The molecule has 1 aromatic carbocycles. The molecule has 0 amide bonds. The maximum absolute atomic E-state index is 6.36. The van der Waals surface area contributed by atoms with Crippen molar-refractivity contribution in [1.29, 1.82) is 0 Å². The molecule has 0 bridgehead atoms. The van der Waals surface area contributed by atoms with Crippen LogP contribution in [0.3, 0.4) is 0 Å². The Hall–Kier alpha value is -3.13. The van der Waals surface area contributed by atoms with Crippen LogP contribution in [0.1, 0.15) is 39.0 Å². The number of nitrogens with two attached hydrogens (primary N) is 1. The van der Waals surface area contributed by atoms with E-state index < -0.39 is 0 Å². The van der Waals surface area contributed by atoms with Crippen molar-refractivity contribution < 1.29 is 0 Å². The minimum atomic E-state index is 0.0806. The molecule has 1 aliphatic carbocycles. The van der Waals surface area contributed by atoms with Crippen molar-refractivity contribution in [1.82, 2.24) is 15.0 Å². The number of hydrogen-bond acceptors (Lipinski definition) is 8. The van der Waals surface area contributed by atoms with Gasteiger partial charge in [0.15, 0.2) is 11.6 Å². The number of hydrogen-bond donors (Lipinski definition) is 2. The molecule has 5 rings (SSSR count). The lowest BCUT2D eigenvalue weighted by atomic mass is 10.0. The molecule has 1 saturated carbocycles. The van der Waals surface area contributed by atoms with Crippen LogP contribution in [0.2, 0.25) is 0 Å². The second-order valence-corrected chi connectivity index (χ2v) is 9.03. The van der Waals surface area contributed by atoms with Gasteiger partial charge in [-0.25, -0.2) is 15.0 Å². The van der Waals surface area contributed by atoms with E-state index in [4.69, 9.17) is 10.7 Å². The molecule has 8 heteroatoms. The normalized spacial score (nSPS) is 18.3. The van der Waals surface area contributed by atoms with Crippen LogP contribution in [0, 0.1) is 0 Å². The van der Waals surface area contributed by atoms with Crippen LogP contribution >= 0.6 is 11.9 Å². The Kier molecular flexibility index (Phi) is 5.94. The highest BCUT2D eigenvalue weighted by Crippen LogP contribution is 2.40. The lowest BCUT2D eigenvalue weighted by Crippen LogP contribution is -2.51. The molecule has 1 aliphatic heterocycles. The second kappa shape index (κ2) is 9.16. The van der Waals surface area contributed by atoms with Gasteiger partial charge in [0.05, 0.1) is 24.1 Å². The van der Waals surface area contributed by atoms with E-state index in [1.54, 1.807) is 24.3 Å². The Balaban J connectivity index is 1.51. The monoisotopic (exact) mass is 445 g/mol. The summed E-state index contributed by atoms with van der Waals surface area (Å²) in [5.74, 6) is 2.21. The molecule has 0 unspecified atom stereocenters. The molecule has 164 valence electrons. The van der Waals surface area contributed by atoms with Crippen LogP contribution in [0.5, 0.6) is 0 Å². The summed E-state index contributed by atoms with van der Waals surface area (Å²) >= 11 is 1.54. The number of pyridine rings is 1. The van der Waals surface area contributed by atoms with Gasteiger partial charge in [-0.2, -0.15) is 0 Å². The fourth-order valence-corrected chi connectivity index (χ4v) is 5.24. The number of nitrogens with one attached hydrogen (secondary N) is 1. The molecule has 0 radical (unpaired) electrons. The van der Waals surface area contributed by atoms with Crippen LogP contribution in [-0.2, 0) is 0 Å². The summed E-state index contributed by atoms with van der Waals surface area (Å²) in [6.07, 6.45) is 11.1. The maximum atomic E-state index is 6.36. The SMILES string of the molecule is CC[C@@H]1C(N)=Nc2cnc(-c3ccncc3NSc3ccccc3)nc2N1C1CCCC1. The predicted octanol–water partition coefficient (Wildman–Crippen LogP) is 5.19. The van der Waals surface area contributed by atoms with Crippen molar-refractivity contribution in [3.05, 3.63) is 55.0 Å². The molecule has 32 heavy (non-hydrogen) atoms. The first kappa shape index (κ1) is 20.8. The van der Waals surface area contributed by atoms with Gasteiger partial charge in [0.2, 0.25) is 0 Å². The lowest BCUT2D eigenvalue weighted by Gasteiger charge is -2.39. The highest BCUT2D eigenvalue weighted by Gasteiger charge is 2.35. The number of aromatic nitrogens is 3. The number of aliphatic imine (C=N–C) groups is 1. The number of nitrogens with zero attached hydrogens (tertiary/aromatic N) is 5. The topological polar surface area (TPSA) is 92.3 Å². The summed E-state index contributed by atoms with van der Waals surface area (Å²) in [4.78, 5) is 22.2. The zero-order valence-corrected chi connectivity index (χ0v) is 18.9. The number of anilines is 2. The van der Waals surface area contributed by atoms with Gasteiger partial charge in [-0.1, -0.05) is 38.0 Å². The Labute approximate surface area is 192 Å². The van der Waals surface area contributed by atoms with Gasteiger partial charge in [-0.05, 0) is 49.4 Å². The average molecular weight is 446 g/mol. The van der Waals surface area contributed by atoms with Gasteiger partial charge < -0.3 is 15.4 Å². The molecule has 1 atom stereocenters. The highest BCUT2D eigenvalue weighted by atomic mass is 32.2. The van der Waals surface area contributed by atoms with Gasteiger partial charge in [0, 0.05) is 22.7 Å². The fourth-order valence-electron chi connectivity index (χ4n) is 4.56. The van der Waals surface area contributed by atoms with E-state index in [1.807, 2.05) is 30.5 Å². The zero-order valence-electron chi connectivity index (χ0n) is 18.1. The van der Waals surface area contributed by atoms with E-state index in [0.29, 0.717) is 17.7 Å². The third-order valence-electron chi connectivity index (χ3n) is 6.11. The quantitative estimate of drug-likeness (QED) is 0.505.